The number of benzene rings is 2. The van der Waals surface area contributed by atoms with E-state index >= 15 is 0 Å². The van der Waals surface area contributed by atoms with Crippen LogP contribution >= 0.6 is 0 Å². The Kier molecular flexibility index (Phi) is 6.44. The molecule has 1 aliphatic heterocycles. The van der Waals surface area contributed by atoms with Gasteiger partial charge in [-0.05, 0) is 67.4 Å². The molecule has 0 atom stereocenters. The maximum atomic E-state index is 13.0. The van der Waals surface area contributed by atoms with E-state index in [1.54, 1.807) is 12.1 Å². The highest BCUT2D eigenvalue weighted by Gasteiger charge is 2.29. The van der Waals surface area contributed by atoms with E-state index in [4.69, 9.17) is 0 Å². The van der Waals surface area contributed by atoms with Crippen LogP contribution in [-0.4, -0.2) is 55.0 Å². The molecule has 2 aromatic carbocycles. The molecule has 1 amide bonds. The molecule has 2 heterocycles. The van der Waals surface area contributed by atoms with Gasteiger partial charge in [0.1, 0.15) is 0 Å². The first-order valence-corrected chi connectivity index (χ1v) is 12.2. The zero-order chi connectivity index (χ0) is 23.6. The first-order chi connectivity index (χ1) is 15.7. The average molecular weight is 466 g/mol. The lowest BCUT2D eigenvalue weighted by Gasteiger charge is -2.34. The van der Waals surface area contributed by atoms with Crippen molar-refractivity contribution in [3.63, 3.8) is 0 Å². The van der Waals surface area contributed by atoms with Crippen molar-refractivity contribution in [3.8, 4) is 11.3 Å². The second-order valence-corrected chi connectivity index (χ2v) is 10.1. The summed E-state index contributed by atoms with van der Waals surface area (Å²) < 4.78 is 27.5. The van der Waals surface area contributed by atoms with Crippen molar-refractivity contribution in [3.05, 3.63) is 65.7 Å². The number of aromatic nitrogens is 2. The summed E-state index contributed by atoms with van der Waals surface area (Å²) in [4.78, 5) is 13.4. The van der Waals surface area contributed by atoms with Crippen LogP contribution in [0.15, 0.2) is 59.5 Å². The zero-order valence-electron chi connectivity index (χ0n) is 18.9. The lowest BCUT2D eigenvalue weighted by Crippen LogP contribution is -2.49. The molecular weight excluding hydrogens is 438 g/mol. The van der Waals surface area contributed by atoms with Crippen LogP contribution in [0.25, 0.3) is 11.3 Å². The SMILES string of the molecule is CC(=O)Nc1ccc(S(=O)(=O)N2CCN(c3ccc(-c4ccc(C)c(C)c4)nn3)CC2)cc1. The standard InChI is InChI=1S/C24H27N5O3S/c1-17-4-5-20(16-18(17)2)23-10-11-24(27-26-23)28-12-14-29(15-13-28)33(31,32)22-8-6-21(7-9-22)25-19(3)30/h4-11,16H,12-15H2,1-3H3,(H,25,30). The average Bonchev–Trinajstić information content (AvgIpc) is 2.81. The van der Waals surface area contributed by atoms with Crippen molar-refractivity contribution >= 4 is 27.4 Å². The Bertz CT molecular complexity index is 1250. The first kappa shape index (κ1) is 22.9. The van der Waals surface area contributed by atoms with Crippen molar-refractivity contribution in [2.75, 3.05) is 36.4 Å². The molecule has 0 unspecified atom stereocenters. The highest BCUT2D eigenvalue weighted by Crippen LogP contribution is 2.24. The third kappa shape index (κ3) is 5.04. The van der Waals surface area contributed by atoms with Crippen LogP contribution in [0, 0.1) is 13.8 Å². The number of carbonyl (C=O) groups excluding carboxylic acids is 1. The zero-order valence-corrected chi connectivity index (χ0v) is 19.8. The fraction of sp³-hybridized carbons (Fsp3) is 0.292. The van der Waals surface area contributed by atoms with E-state index in [0.717, 1.165) is 17.1 Å². The van der Waals surface area contributed by atoms with Crippen LogP contribution < -0.4 is 10.2 Å². The van der Waals surface area contributed by atoms with Crippen LogP contribution in [0.3, 0.4) is 0 Å². The van der Waals surface area contributed by atoms with Gasteiger partial charge in [0.15, 0.2) is 5.82 Å². The predicted molar refractivity (Wildman–Crippen MR) is 129 cm³/mol. The highest BCUT2D eigenvalue weighted by molar-refractivity contribution is 7.89. The van der Waals surface area contributed by atoms with Gasteiger partial charge in [0, 0.05) is 44.4 Å². The van der Waals surface area contributed by atoms with E-state index in [-0.39, 0.29) is 10.8 Å². The van der Waals surface area contributed by atoms with Crippen LogP contribution in [0.1, 0.15) is 18.1 Å². The monoisotopic (exact) mass is 465 g/mol. The fourth-order valence-corrected chi connectivity index (χ4v) is 5.19. The second kappa shape index (κ2) is 9.29. The number of hydrogen-bond acceptors (Lipinski definition) is 6. The molecule has 4 rings (SSSR count). The third-order valence-corrected chi connectivity index (χ3v) is 7.74. The van der Waals surface area contributed by atoms with Crippen LogP contribution in [0.5, 0.6) is 0 Å². The van der Waals surface area contributed by atoms with Gasteiger partial charge in [-0.15, -0.1) is 10.2 Å². The van der Waals surface area contributed by atoms with Crippen molar-refractivity contribution in [1.82, 2.24) is 14.5 Å². The predicted octanol–water partition coefficient (Wildman–Crippen LogP) is 3.23. The minimum absolute atomic E-state index is 0.202. The number of hydrogen-bond donors (Lipinski definition) is 1. The first-order valence-electron chi connectivity index (χ1n) is 10.8. The van der Waals surface area contributed by atoms with Gasteiger partial charge in [-0.25, -0.2) is 8.42 Å². The molecule has 1 N–H and O–H groups in total. The summed E-state index contributed by atoms with van der Waals surface area (Å²) in [5, 5.41) is 11.4. The van der Waals surface area contributed by atoms with Gasteiger partial charge in [-0.1, -0.05) is 12.1 Å². The Balaban J connectivity index is 1.41. The number of carbonyl (C=O) groups is 1. The van der Waals surface area contributed by atoms with Crippen LogP contribution in [-0.2, 0) is 14.8 Å². The van der Waals surface area contributed by atoms with Gasteiger partial charge in [0.25, 0.3) is 0 Å². The van der Waals surface area contributed by atoms with Gasteiger partial charge in [0.2, 0.25) is 15.9 Å². The van der Waals surface area contributed by atoms with Gasteiger partial charge in [0.05, 0.1) is 10.6 Å². The summed E-state index contributed by atoms with van der Waals surface area (Å²) in [6, 6.07) is 16.3. The third-order valence-electron chi connectivity index (χ3n) is 5.83. The second-order valence-electron chi connectivity index (χ2n) is 8.17. The highest BCUT2D eigenvalue weighted by atomic mass is 32.2. The van der Waals surface area contributed by atoms with Gasteiger partial charge in [-0.3, -0.25) is 4.79 Å². The Labute approximate surface area is 194 Å². The summed E-state index contributed by atoms with van der Waals surface area (Å²) in [5.41, 5.74) is 4.85. The Morgan fingerprint density at radius 3 is 2.15 bits per heavy atom. The van der Waals surface area contributed by atoms with Crippen molar-refractivity contribution in [2.24, 2.45) is 0 Å². The summed E-state index contributed by atoms with van der Waals surface area (Å²) >= 11 is 0. The van der Waals surface area contributed by atoms with E-state index in [0.29, 0.717) is 31.9 Å². The lowest BCUT2D eigenvalue weighted by atomic mass is 10.0. The number of nitrogens with one attached hydrogen (secondary N) is 1. The van der Waals surface area contributed by atoms with Crippen molar-refractivity contribution in [1.29, 1.82) is 0 Å². The molecule has 1 saturated heterocycles. The number of rotatable bonds is 5. The molecular formula is C24H27N5O3S. The number of nitrogens with zero attached hydrogens (tertiary/aromatic N) is 4. The van der Waals surface area contributed by atoms with Crippen LogP contribution in [0.4, 0.5) is 11.5 Å². The Morgan fingerprint density at radius 2 is 1.58 bits per heavy atom. The van der Waals surface area contributed by atoms with E-state index in [9.17, 15) is 13.2 Å². The minimum Gasteiger partial charge on any atom is -0.352 e. The maximum Gasteiger partial charge on any atom is 0.243 e. The van der Waals surface area contributed by atoms with E-state index in [2.05, 4.69) is 41.5 Å². The summed E-state index contributed by atoms with van der Waals surface area (Å²) in [7, 11) is -3.61. The summed E-state index contributed by atoms with van der Waals surface area (Å²) in [5.74, 6) is 0.533. The molecule has 8 nitrogen and oxygen atoms in total. The number of anilines is 2. The Hall–Kier alpha value is -3.30. The van der Waals surface area contributed by atoms with Gasteiger partial charge < -0.3 is 10.2 Å². The minimum atomic E-state index is -3.61. The molecule has 33 heavy (non-hydrogen) atoms. The van der Waals surface area contributed by atoms with E-state index in [1.807, 2.05) is 23.1 Å². The fourth-order valence-electron chi connectivity index (χ4n) is 3.77. The molecule has 172 valence electrons. The topological polar surface area (TPSA) is 95.5 Å². The van der Waals surface area contributed by atoms with E-state index in [1.165, 1.54) is 34.5 Å². The molecule has 1 fully saturated rings. The summed E-state index contributed by atoms with van der Waals surface area (Å²) in [6.07, 6.45) is 0. The molecule has 1 aliphatic rings. The number of aryl methyl sites for hydroxylation is 2. The smallest absolute Gasteiger partial charge is 0.243 e. The number of piperazine rings is 1. The van der Waals surface area contributed by atoms with Gasteiger partial charge in [-0.2, -0.15) is 4.31 Å². The molecule has 0 radical (unpaired) electrons. The molecule has 0 bridgehead atoms. The molecule has 0 aliphatic carbocycles. The molecule has 1 aromatic heterocycles. The molecule has 9 heteroatoms. The maximum absolute atomic E-state index is 13.0. The van der Waals surface area contributed by atoms with E-state index < -0.39 is 10.0 Å². The largest absolute Gasteiger partial charge is 0.352 e. The van der Waals surface area contributed by atoms with Crippen molar-refractivity contribution in [2.45, 2.75) is 25.7 Å². The van der Waals surface area contributed by atoms with Crippen LogP contribution in [0.2, 0.25) is 0 Å². The lowest BCUT2D eigenvalue weighted by molar-refractivity contribution is -0.114. The number of amides is 1. The summed E-state index contributed by atoms with van der Waals surface area (Å²) in [6.45, 7) is 7.33. The van der Waals surface area contributed by atoms with Crippen molar-refractivity contribution < 1.29 is 13.2 Å². The van der Waals surface area contributed by atoms with Gasteiger partial charge >= 0.3 is 0 Å². The molecule has 3 aromatic rings. The Morgan fingerprint density at radius 1 is 0.879 bits per heavy atom. The normalized spacial score (nSPS) is 14.8. The number of sulfonamides is 1. The molecule has 0 saturated carbocycles. The quantitative estimate of drug-likeness (QED) is 0.622. The molecule has 0 spiro atoms.